The van der Waals surface area contributed by atoms with Gasteiger partial charge in [-0.25, -0.2) is 0 Å². The third-order valence-corrected chi connectivity index (χ3v) is 5.75. The van der Waals surface area contributed by atoms with Gasteiger partial charge in [-0.05, 0) is 37.1 Å². The highest BCUT2D eigenvalue weighted by molar-refractivity contribution is 5.97. The highest BCUT2D eigenvalue weighted by Crippen LogP contribution is 2.32. The van der Waals surface area contributed by atoms with Crippen LogP contribution in [0.4, 0.5) is 0 Å². The van der Waals surface area contributed by atoms with Crippen molar-refractivity contribution in [1.29, 1.82) is 0 Å². The fourth-order valence-corrected chi connectivity index (χ4v) is 4.00. The quantitative estimate of drug-likeness (QED) is 0.766. The Labute approximate surface area is 174 Å². The molecule has 2 aromatic carbocycles. The largest absolute Gasteiger partial charge is 0.457 e. The summed E-state index contributed by atoms with van der Waals surface area (Å²) >= 11 is 0. The molecule has 2 aromatic rings. The Kier molecular flexibility index (Phi) is 5.14. The molecule has 2 amide bonds. The zero-order valence-electron chi connectivity index (χ0n) is 16.5. The van der Waals surface area contributed by atoms with Crippen molar-refractivity contribution >= 4 is 11.8 Å². The van der Waals surface area contributed by atoms with Gasteiger partial charge >= 0.3 is 0 Å². The predicted molar refractivity (Wildman–Crippen MR) is 108 cm³/mol. The first kappa shape index (κ1) is 19.1. The van der Waals surface area contributed by atoms with Crippen LogP contribution in [0.5, 0.6) is 11.5 Å². The third kappa shape index (κ3) is 3.91. The van der Waals surface area contributed by atoms with Crippen LogP contribution < -0.4 is 15.4 Å². The molecule has 7 heteroatoms. The first-order chi connectivity index (χ1) is 14.7. The van der Waals surface area contributed by atoms with Crippen LogP contribution in [0.15, 0.2) is 54.6 Å². The van der Waals surface area contributed by atoms with Gasteiger partial charge < -0.3 is 24.8 Å². The number of hydrogen-bond acceptors (Lipinski definition) is 5. The smallest absolute Gasteiger partial charge is 0.255 e. The van der Waals surface area contributed by atoms with Crippen molar-refractivity contribution in [3.8, 4) is 11.5 Å². The van der Waals surface area contributed by atoms with Crippen LogP contribution in [0, 0.1) is 5.92 Å². The number of carbonyl (C=O) groups is 2. The molecule has 1 unspecified atom stereocenters. The average molecular weight is 408 g/mol. The van der Waals surface area contributed by atoms with E-state index in [-0.39, 0.29) is 42.0 Å². The molecular formula is C23H24N2O5. The van der Waals surface area contributed by atoms with Crippen molar-refractivity contribution in [3.05, 3.63) is 60.2 Å². The average Bonchev–Trinajstić information content (AvgIpc) is 3.44. The fourth-order valence-electron chi connectivity index (χ4n) is 4.00. The van der Waals surface area contributed by atoms with Gasteiger partial charge in [-0.3, -0.25) is 9.59 Å². The molecule has 4 atom stereocenters. The Bertz CT molecular complexity index is 930. The van der Waals surface area contributed by atoms with E-state index in [1.807, 2.05) is 36.4 Å². The molecule has 0 aromatic heterocycles. The highest BCUT2D eigenvalue weighted by Gasteiger charge is 2.49. The van der Waals surface area contributed by atoms with Gasteiger partial charge in [0.25, 0.3) is 5.91 Å². The lowest BCUT2D eigenvalue weighted by Crippen LogP contribution is -2.47. The topological polar surface area (TPSA) is 85.9 Å². The summed E-state index contributed by atoms with van der Waals surface area (Å²) in [7, 11) is 0. The Morgan fingerprint density at radius 2 is 1.47 bits per heavy atom. The normalized spacial score (nSPS) is 27.3. The number of carbonyl (C=O) groups excluding carboxylic acids is 2. The van der Waals surface area contributed by atoms with Gasteiger partial charge in [0.2, 0.25) is 5.91 Å². The SMILES string of the molecule is O=C(NC1CO[C@@H]2[C@@H](NC(=O)C3CC3)CO[C@H]12)c1ccccc1Oc1ccccc1. The molecule has 2 heterocycles. The second-order valence-corrected chi connectivity index (χ2v) is 7.98. The fraction of sp³-hybridized carbons (Fsp3) is 0.391. The van der Waals surface area contributed by atoms with E-state index >= 15 is 0 Å². The van der Waals surface area contributed by atoms with E-state index in [9.17, 15) is 9.59 Å². The minimum atomic E-state index is -0.282. The van der Waals surface area contributed by atoms with E-state index < -0.39 is 0 Å². The number of para-hydroxylation sites is 2. The second kappa shape index (κ2) is 8.08. The van der Waals surface area contributed by atoms with Crippen LogP contribution in [-0.4, -0.2) is 49.3 Å². The number of rotatable bonds is 6. The Hall–Kier alpha value is -2.90. The van der Waals surface area contributed by atoms with Crippen molar-refractivity contribution in [2.45, 2.75) is 37.1 Å². The monoisotopic (exact) mass is 408 g/mol. The Balaban J connectivity index is 1.24. The molecule has 7 nitrogen and oxygen atoms in total. The lowest BCUT2D eigenvalue weighted by molar-refractivity contribution is -0.123. The van der Waals surface area contributed by atoms with Crippen molar-refractivity contribution < 1.29 is 23.8 Å². The predicted octanol–water partition coefficient (Wildman–Crippen LogP) is 2.27. The van der Waals surface area contributed by atoms with Gasteiger partial charge in [0.15, 0.2) is 0 Å². The van der Waals surface area contributed by atoms with E-state index in [4.69, 9.17) is 14.2 Å². The second-order valence-electron chi connectivity index (χ2n) is 7.98. The van der Waals surface area contributed by atoms with Crippen LogP contribution in [0.25, 0.3) is 0 Å². The zero-order valence-corrected chi connectivity index (χ0v) is 16.5. The standard InChI is InChI=1S/C23H24N2O5/c26-22(14-10-11-14)24-17-12-28-21-18(13-29-20(17)21)25-23(27)16-8-4-5-9-19(16)30-15-6-2-1-3-7-15/h1-9,14,17-18,20-21H,10-13H2,(H,24,26)(H,25,27)/t17-,18?,20+,21+/m0/s1. The maximum Gasteiger partial charge on any atom is 0.255 e. The van der Waals surface area contributed by atoms with Crippen molar-refractivity contribution in [1.82, 2.24) is 10.6 Å². The molecule has 0 bridgehead atoms. The van der Waals surface area contributed by atoms with Crippen LogP contribution >= 0.6 is 0 Å². The number of nitrogens with one attached hydrogen (secondary N) is 2. The summed E-state index contributed by atoms with van der Waals surface area (Å²) in [6, 6.07) is 16.0. The summed E-state index contributed by atoms with van der Waals surface area (Å²) in [4.78, 5) is 25.1. The summed E-state index contributed by atoms with van der Waals surface area (Å²) in [5, 5.41) is 6.05. The van der Waals surface area contributed by atoms with E-state index in [1.165, 1.54) is 0 Å². The van der Waals surface area contributed by atoms with Crippen molar-refractivity contribution in [2.24, 2.45) is 5.92 Å². The summed E-state index contributed by atoms with van der Waals surface area (Å²) in [6.45, 7) is 0.743. The molecule has 3 fully saturated rings. The van der Waals surface area contributed by atoms with Crippen LogP contribution in [0.2, 0.25) is 0 Å². The molecule has 2 aliphatic heterocycles. The molecule has 0 radical (unpaired) electrons. The van der Waals surface area contributed by atoms with Gasteiger partial charge in [-0.2, -0.15) is 0 Å². The van der Waals surface area contributed by atoms with E-state index in [2.05, 4.69) is 10.6 Å². The number of amides is 2. The lowest BCUT2D eigenvalue weighted by Gasteiger charge is -2.19. The Morgan fingerprint density at radius 3 is 2.17 bits per heavy atom. The van der Waals surface area contributed by atoms with Crippen LogP contribution in [0.1, 0.15) is 23.2 Å². The first-order valence-corrected chi connectivity index (χ1v) is 10.4. The molecule has 2 N–H and O–H groups in total. The minimum absolute atomic E-state index is 0.0762. The van der Waals surface area contributed by atoms with Crippen molar-refractivity contribution in [2.75, 3.05) is 13.2 Å². The molecule has 156 valence electrons. The van der Waals surface area contributed by atoms with Gasteiger partial charge in [-0.15, -0.1) is 0 Å². The summed E-state index contributed by atoms with van der Waals surface area (Å²) in [6.07, 6.45) is 1.39. The number of fused-ring (bicyclic) bond motifs is 1. The number of benzene rings is 2. The van der Waals surface area contributed by atoms with Crippen molar-refractivity contribution in [3.63, 3.8) is 0 Å². The van der Waals surface area contributed by atoms with Gasteiger partial charge in [0.05, 0.1) is 30.9 Å². The third-order valence-electron chi connectivity index (χ3n) is 5.75. The lowest BCUT2D eigenvalue weighted by atomic mass is 10.1. The van der Waals surface area contributed by atoms with E-state index in [0.29, 0.717) is 30.3 Å². The Morgan fingerprint density at radius 1 is 0.833 bits per heavy atom. The molecule has 2 saturated heterocycles. The van der Waals surface area contributed by atoms with E-state index in [1.54, 1.807) is 18.2 Å². The molecule has 3 aliphatic rings. The van der Waals surface area contributed by atoms with Gasteiger partial charge in [0, 0.05) is 5.92 Å². The van der Waals surface area contributed by atoms with E-state index in [0.717, 1.165) is 12.8 Å². The maximum atomic E-state index is 13.0. The highest BCUT2D eigenvalue weighted by atomic mass is 16.6. The summed E-state index contributed by atoms with van der Waals surface area (Å²) in [5.41, 5.74) is 0.446. The first-order valence-electron chi connectivity index (χ1n) is 10.4. The molecule has 1 aliphatic carbocycles. The van der Waals surface area contributed by atoms with Gasteiger partial charge in [0.1, 0.15) is 23.7 Å². The zero-order chi connectivity index (χ0) is 20.5. The van der Waals surface area contributed by atoms with Crippen LogP contribution in [0.3, 0.4) is 0 Å². The molecular weight excluding hydrogens is 384 g/mol. The minimum Gasteiger partial charge on any atom is -0.457 e. The summed E-state index contributed by atoms with van der Waals surface area (Å²) in [5.74, 6) is 1.12. The molecule has 0 spiro atoms. The number of hydrogen-bond donors (Lipinski definition) is 2. The molecule has 1 saturated carbocycles. The number of ether oxygens (including phenoxy) is 3. The summed E-state index contributed by atoms with van der Waals surface area (Å²) < 4.78 is 17.7. The van der Waals surface area contributed by atoms with Gasteiger partial charge in [-0.1, -0.05) is 30.3 Å². The molecule has 5 rings (SSSR count). The molecule has 30 heavy (non-hydrogen) atoms. The van der Waals surface area contributed by atoms with Crippen LogP contribution in [-0.2, 0) is 14.3 Å². The maximum absolute atomic E-state index is 13.0.